The fourth-order valence-electron chi connectivity index (χ4n) is 1.79. The topological polar surface area (TPSA) is 32.5 Å². The van der Waals surface area contributed by atoms with Gasteiger partial charge in [-0.1, -0.05) is 25.1 Å². The monoisotopic (exact) mass is 297 g/mol. The molecule has 0 atom stereocenters. The van der Waals surface area contributed by atoms with Crippen molar-refractivity contribution in [3.05, 3.63) is 22.9 Å². The molecule has 0 bridgehead atoms. The Labute approximate surface area is 122 Å². The average Bonchev–Trinajstić information content (AvgIpc) is 2.90. The number of amides is 1. The minimum atomic E-state index is -0.145. The average molecular weight is 297 g/mol. The zero-order valence-corrected chi connectivity index (χ0v) is 12.6. The van der Waals surface area contributed by atoms with Crippen molar-refractivity contribution in [2.45, 2.75) is 19.8 Å². The number of unbranched alkanes of at least 4 members (excludes halogenated alkanes) is 1. The normalized spacial score (nSPS) is 23.8. The molecule has 0 aromatic rings. The first-order valence-electron chi connectivity index (χ1n) is 6.30. The molecule has 0 aromatic carbocycles. The number of hydrogen-bond donors (Lipinski definition) is 0. The number of carbonyl (C=O) groups excluding carboxylic acids is 1. The first kappa shape index (κ1) is 14.3. The van der Waals surface area contributed by atoms with E-state index in [1.54, 1.807) is 17.8 Å². The molecule has 2 fully saturated rings. The molecule has 2 heterocycles. The van der Waals surface area contributed by atoms with Crippen LogP contribution in [-0.2, 0) is 9.53 Å². The molecule has 0 spiro atoms. The van der Waals surface area contributed by atoms with Crippen molar-refractivity contribution in [3.63, 3.8) is 0 Å². The third kappa shape index (κ3) is 3.25. The summed E-state index contributed by atoms with van der Waals surface area (Å²) in [7, 11) is 0. The highest BCUT2D eigenvalue weighted by Gasteiger charge is 2.32. The summed E-state index contributed by atoms with van der Waals surface area (Å²) in [5.41, 5.74) is 0. The lowest BCUT2D eigenvalue weighted by atomic mass is 10.3. The van der Waals surface area contributed by atoms with Crippen molar-refractivity contribution in [1.29, 1.82) is 0 Å². The molecule has 0 N–H and O–H groups in total. The Bertz CT molecular complexity index is 483. The Balaban J connectivity index is 2.08. The summed E-state index contributed by atoms with van der Waals surface area (Å²) in [5, 5.41) is 1.30. The molecule has 2 aliphatic rings. The van der Waals surface area contributed by atoms with Gasteiger partial charge in [0, 0.05) is 12.6 Å². The van der Waals surface area contributed by atoms with E-state index in [1.165, 1.54) is 4.90 Å². The molecule has 2 aliphatic heterocycles. The number of thiocarbonyl (C=S) groups is 1. The summed E-state index contributed by atoms with van der Waals surface area (Å²) in [5.74, 6) is 1.18. The van der Waals surface area contributed by atoms with Gasteiger partial charge in [-0.2, -0.15) is 4.58 Å². The number of ether oxygens (including phenoxy) is 1. The molecule has 0 aromatic heterocycles. The number of thioether (sulfide) groups is 1. The highest BCUT2D eigenvalue weighted by Crippen LogP contribution is 2.24. The van der Waals surface area contributed by atoms with Crippen LogP contribution < -0.4 is 0 Å². The Morgan fingerprint density at radius 2 is 2.37 bits per heavy atom. The van der Waals surface area contributed by atoms with Crippen molar-refractivity contribution in [1.82, 2.24) is 4.90 Å². The third-order valence-corrected chi connectivity index (χ3v) is 4.29. The van der Waals surface area contributed by atoms with Crippen LogP contribution in [0.1, 0.15) is 19.8 Å². The smallest absolute Gasteiger partial charge is 0.297 e. The summed E-state index contributed by atoms with van der Waals surface area (Å²) < 4.78 is 7.27. The summed E-state index contributed by atoms with van der Waals surface area (Å²) in [6, 6.07) is 0. The van der Waals surface area contributed by atoms with Crippen LogP contribution in [-0.4, -0.2) is 46.1 Å². The lowest BCUT2D eigenvalue weighted by Gasteiger charge is -2.10. The van der Waals surface area contributed by atoms with Crippen LogP contribution in [0.15, 0.2) is 22.9 Å². The van der Waals surface area contributed by atoms with E-state index in [9.17, 15) is 4.79 Å². The van der Waals surface area contributed by atoms with Crippen molar-refractivity contribution in [2.24, 2.45) is 0 Å². The molecule has 0 saturated carbocycles. The third-order valence-electron chi connectivity index (χ3n) is 2.91. The van der Waals surface area contributed by atoms with Gasteiger partial charge in [-0.05, 0) is 24.7 Å². The van der Waals surface area contributed by atoms with Crippen molar-refractivity contribution < 1.29 is 14.1 Å². The highest BCUT2D eigenvalue weighted by molar-refractivity contribution is 8.03. The van der Waals surface area contributed by atoms with E-state index in [2.05, 4.69) is 13.6 Å². The molecule has 0 unspecified atom stereocenters. The minimum Gasteiger partial charge on any atom is -0.426 e. The van der Waals surface area contributed by atoms with E-state index in [0.717, 1.165) is 30.2 Å². The molecule has 6 heteroatoms. The van der Waals surface area contributed by atoms with Gasteiger partial charge in [0.25, 0.3) is 11.1 Å². The largest absolute Gasteiger partial charge is 0.426 e. The number of nitrogens with zero attached hydrogens (tertiary/aromatic N) is 2. The van der Waals surface area contributed by atoms with E-state index >= 15 is 0 Å². The Hall–Kier alpha value is -1.14. The van der Waals surface area contributed by atoms with E-state index < -0.39 is 0 Å². The van der Waals surface area contributed by atoms with Crippen molar-refractivity contribution in [3.8, 4) is 0 Å². The molecule has 2 rings (SSSR count). The molecule has 4 nitrogen and oxygen atoms in total. The van der Waals surface area contributed by atoms with Crippen LogP contribution in [0.5, 0.6) is 0 Å². The second-order valence-corrected chi connectivity index (χ2v) is 5.79. The van der Waals surface area contributed by atoms with E-state index in [0.29, 0.717) is 12.3 Å². The Morgan fingerprint density at radius 3 is 3.00 bits per heavy atom. The second kappa shape index (κ2) is 6.34. The fourth-order valence-corrected chi connectivity index (χ4v) is 3.01. The first-order valence-corrected chi connectivity index (χ1v) is 7.69. The maximum Gasteiger partial charge on any atom is 0.297 e. The molecular formula is C13H17N2O2S2+. The van der Waals surface area contributed by atoms with Crippen molar-refractivity contribution in [2.75, 3.05) is 18.8 Å². The molecular weight excluding hydrogens is 280 g/mol. The van der Waals surface area contributed by atoms with Crippen molar-refractivity contribution >= 4 is 41.8 Å². The number of rotatable bonds is 4. The van der Waals surface area contributed by atoms with E-state index in [4.69, 9.17) is 17.0 Å². The minimum absolute atomic E-state index is 0.145. The quantitative estimate of drug-likeness (QED) is 0.452. The van der Waals surface area contributed by atoms with Gasteiger partial charge in [-0.3, -0.25) is 9.69 Å². The molecule has 0 radical (unpaired) electrons. The van der Waals surface area contributed by atoms with Gasteiger partial charge in [-0.15, -0.1) is 0 Å². The van der Waals surface area contributed by atoms with Gasteiger partial charge in [0.2, 0.25) is 5.03 Å². The SMILES string of the molecule is C=[N+]1CCS/C1=C\C=C1/OC(=S)N(CCCC)C1=O. The maximum atomic E-state index is 12.1. The summed E-state index contributed by atoms with van der Waals surface area (Å²) in [6.07, 6.45) is 5.49. The Kier molecular flexibility index (Phi) is 4.76. The van der Waals surface area contributed by atoms with Gasteiger partial charge < -0.3 is 4.74 Å². The van der Waals surface area contributed by atoms with Crippen LogP contribution in [0.3, 0.4) is 0 Å². The van der Waals surface area contributed by atoms with E-state index in [-0.39, 0.29) is 11.1 Å². The van der Waals surface area contributed by atoms with Crippen LogP contribution in [0.25, 0.3) is 0 Å². The highest BCUT2D eigenvalue weighted by atomic mass is 32.2. The van der Waals surface area contributed by atoms with Gasteiger partial charge in [0.1, 0.15) is 6.72 Å². The summed E-state index contributed by atoms with van der Waals surface area (Å²) in [6.45, 7) is 7.53. The van der Waals surface area contributed by atoms with Gasteiger partial charge in [0.05, 0.1) is 5.75 Å². The summed E-state index contributed by atoms with van der Waals surface area (Å²) in [4.78, 5) is 13.6. The lowest BCUT2D eigenvalue weighted by Crippen LogP contribution is -2.29. The molecule has 0 aliphatic carbocycles. The van der Waals surface area contributed by atoms with Crippen LogP contribution in [0, 0.1) is 0 Å². The molecule has 2 saturated heterocycles. The van der Waals surface area contributed by atoms with E-state index in [1.807, 2.05) is 10.7 Å². The predicted molar refractivity (Wildman–Crippen MR) is 81.2 cm³/mol. The van der Waals surface area contributed by atoms with Gasteiger partial charge in [-0.25, -0.2) is 0 Å². The zero-order valence-electron chi connectivity index (χ0n) is 10.9. The zero-order chi connectivity index (χ0) is 13.8. The van der Waals surface area contributed by atoms with Crippen LogP contribution in [0.2, 0.25) is 0 Å². The van der Waals surface area contributed by atoms with Crippen LogP contribution >= 0.6 is 24.0 Å². The fraction of sp³-hybridized carbons (Fsp3) is 0.462. The number of carbonyl (C=O) groups is 1. The molecule has 102 valence electrons. The first-order chi connectivity index (χ1) is 9.13. The standard InChI is InChI=1S/C13H17N2O2S2/c1-3-4-7-15-12(16)10(17-13(15)18)5-6-11-14(2)8-9-19-11/h5-6H,2-4,7-9H2,1H3/q+1/b10-5-,11-6-. The maximum absolute atomic E-state index is 12.1. The Morgan fingerprint density at radius 1 is 1.58 bits per heavy atom. The lowest BCUT2D eigenvalue weighted by molar-refractivity contribution is -0.443. The number of allylic oxidation sites excluding steroid dienone is 2. The number of hydrogen-bond acceptors (Lipinski definition) is 4. The molecule has 1 amide bonds. The second-order valence-electron chi connectivity index (χ2n) is 4.33. The summed E-state index contributed by atoms with van der Waals surface area (Å²) >= 11 is 6.79. The molecule has 19 heavy (non-hydrogen) atoms. The van der Waals surface area contributed by atoms with Gasteiger partial charge in [0.15, 0.2) is 12.3 Å². The predicted octanol–water partition coefficient (Wildman–Crippen LogP) is 2.12. The van der Waals surface area contributed by atoms with Gasteiger partial charge >= 0.3 is 0 Å². The van der Waals surface area contributed by atoms with Crippen LogP contribution in [0.4, 0.5) is 0 Å².